The Bertz CT molecular complexity index is 1590. The fourth-order valence-electron chi connectivity index (χ4n) is 4.04. The topological polar surface area (TPSA) is 112 Å². The van der Waals surface area contributed by atoms with Gasteiger partial charge in [-0.1, -0.05) is 29.3 Å². The number of alkyl halides is 2. The fourth-order valence-corrected chi connectivity index (χ4v) is 4.34. The zero-order valence-electron chi connectivity index (χ0n) is 21.8. The molecule has 5 rings (SSSR count). The van der Waals surface area contributed by atoms with Gasteiger partial charge in [0.2, 0.25) is 11.8 Å². The van der Waals surface area contributed by atoms with Crippen molar-refractivity contribution < 1.29 is 27.5 Å². The van der Waals surface area contributed by atoms with E-state index in [9.17, 15) is 22.8 Å². The van der Waals surface area contributed by atoms with Crippen molar-refractivity contribution in [1.82, 2.24) is 14.8 Å². The number of ether oxygens (including phenoxy) is 1. The lowest BCUT2D eigenvalue weighted by Gasteiger charge is -2.13. The molecule has 0 aliphatic heterocycles. The minimum Gasteiger partial charge on any atom is -0.481 e. The second kappa shape index (κ2) is 12.6. The lowest BCUT2D eigenvalue weighted by atomic mass is 9.94. The Morgan fingerprint density at radius 1 is 1.07 bits per heavy atom. The maximum atomic E-state index is 13.9. The van der Waals surface area contributed by atoms with E-state index in [1.54, 1.807) is 31.5 Å². The normalized spacial score (nSPS) is 12.5. The van der Waals surface area contributed by atoms with Crippen LogP contribution in [0.1, 0.15) is 35.3 Å². The fraction of sp³-hybridized carbons (Fsp3) is 0.214. The molecule has 8 nitrogen and oxygen atoms in total. The number of aromatic nitrogens is 3. The summed E-state index contributed by atoms with van der Waals surface area (Å²) < 4.78 is 46.6. The summed E-state index contributed by atoms with van der Waals surface area (Å²) in [6, 6.07) is 11.9. The highest BCUT2D eigenvalue weighted by molar-refractivity contribution is 6.42. The van der Waals surface area contributed by atoms with Crippen LogP contribution in [0.2, 0.25) is 10.0 Å². The Morgan fingerprint density at radius 3 is 2.37 bits per heavy atom. The first-order valence-electron chi connectivity index (χ1n) is 12.2. The van der Waals surface area contributed by atoms with Crippen molar-refractivity contribution in [3.63, 3.8) is 0 Å². The number of rotatable bonds is 7. The number of methoxy groups -OCH3 is 1. The number of amides is 2. The van der Waals surface area contributed by atoms with Crippen LogP contribution in [0.25, 0.3) is 22.4 Å². The molecule has 0 bridgehead atoms. The number of aryl methyl sites for hydroxylation is 1. The number of hydrogen-bond donors (Lipinski definition) is 2. The number of benzene rings is 2. The van der Waals surface area contributed by atoms with E-state index in [1.165, 1.54) is 31.3 Å². The van der Waals surface area contributed by atoms with Crippen LogP contribution < -0.4 is 15.8 Å². The minimum absolute atomic E-state index is 0.0545. The van der Waals surface area contributed by atoms with Crippen LogP contribution in [-0.2, 0) is 11.8 Å². The monoisotopic (exact) mass is 605 g/mol. The summed E-state index contributed by atoms with van der Waals surface area (Å²) in [7, 11) is 2.96. The highest BCUT2D eigenvalue weighted by atomic mass is 35.5. The van der Waals surface area contributed by atoms with Crippen LogP contribution in [-0.4, -0.2) is 33.7 Å². The number of carbonyl (C=O) groups is 2. The first-order valence-corrected chi connectivity index (χ1v) is 13.0. The SMILES string of the molecule is COc1ccc(NC(=O)C2CC2)cn1.Cn1nc(C(F)F)c(C(N)=O)c1-c1ccc(F)cc1-c1ccc(Cl)c(Cl)c1. The van der Waals surface area contributed by atoms with E-state index in [0.29, 0.717) is 27.6 Å². The van der Waals surface area contributed by atoms with Crippen molar-refractivity contribution in [2.45, 2.75) is 19.3 Å². The molecular weight excluding hydrogens is 582 g/mol. The summed E-state index contributed by atoms with van der Waals surface area (Å²) in [6.07, 6.45) is 0.616. The molecule has 1 saturated carbocycles. The Balaban J connectivity index is 0.000000231. The molecule has 13 heteroatoms. The molecule has 4 aromatic rings. The van der Waals surface area contributed by atoms with E-state index in [0.717, 1.165) is 29.3 Å². The molecule has 0 unspecified atom stereocenters. The first kappa shape index (κ1) is 29.9. The van der Waals surface area contributed by atoms with Gasteiger partial charge in [-0.25, -0.2) is 18.2 Å². The van der Waals surface area contributed by atoms with Gasteiger partial charge in [-0.2, -0.15) is 5.10 Å². The molecule has 1 aliphatic rings. The zero-order valence-corrected chi connectivity index (χ0v) is 23.3. The van der Waals surface area contributed by atoms with E-state index in [4.69, 9.17) is 33.7 Å². The number of anilines is 1. The number of hydrogen-bond acceptors (Lipinski definition) is 5. The third-order valence-corrected chi connectivity index (χ3v) is 6.89. The van der Waals surface area contributed by atoms with E-state index in [2.05, 4.69) is 15.4 Å². The van der Waals surface area contributed by atoms with Gasteiger partial charge in [0, 0.05) is 24.6 Å². The van der Waals surface area contributed by atoms with Gasteiger partial charge in [0.15, 0.2) is 0 Å². The molecule has 0 radical (unpaired) electrons. The lowest BCUT2D eigenvalue weighted by molar-refractivity contribution is -0.117. The Hall–Kier alpha value is -4.09. The van der Waals surface area contributed by atoms with Crippen molar-refractivity contribution in [2.24, 2.45) is 18.7 Å². The lowest BCUT2D eigenvalue weighted by Crippen LogP contribution is -2.14. The van der Waals surface area contributed by atoms with Crippen LogP contribution in [0.5, 0.6) is 5.88 Å². The van der Waals surface area contributed by atoms with Gasteiger partial charge in [-0.05, 0) is 60.4 Å². The Morgan fingerprint density at radius 2 is 1.80 bits per heavy atom. The van der Waals surface area contributed by atoms with Crippen molar-refractivity contribution in [2.75, 3.05) is 12.4 Å². The van der Waals surface area contributed by atoms with Crippen molar-refractivity contribution in [3.05, 3.63) is 81.8 Å². The van der Waals surface area contributed by atoms with E-state index in [-0.39, 0.29) is 22.5 Å². The maximum absolute atomic E-state index is 13.9. The Kier molecular flexibility index (Phi) is 9.19. The molecule has 2 aromatic carbocycles. The molecule has 214 valence electrons. The van der Waals surface area contributed by atoms with Crippen LogP contribution in [0, 0.1) is 11.7 Å². The van der Waals surface area contributed by atoms with Gasteiger partial charge < -0.3 is 15.8 Å². The smallest absolute Gasteiger partial charge is 0.282 e. The highest BCUT2D eigenvalue weighted by Crippen LogP contribution is 2.39. The molecule has 3 N–H and O–H groups in total. The van der Waals surface area contributed by atoms with Crippen LogP contribution in [0.15, 0.2) is 54.7 Å². The number of halogens is 5. The number of nitrogens with zero attached hydrogens (tertiary/aromatic N) is 3. The van der Waals surface area contributed by atoms with Gasteiger partial charge in [-0.3, -0.25) is 14.3 Å². The van der Waals surface area contributed by atoms with Gasteiger partial charge in [-0.15, -0.1) is 0 Å². The molecule has 2 amide bonds. The number of carbonyl (C=O) groups excluding carboxylic acids is 2. The predicted molar refractivity (Wildman–Crippen MR) is 150 cm³/mol. The summed E-state index contributed by atoms with van der Waals surface area (Å²) in [5.74, 6) is -0.752. The average molecular weight is 606 g/mol. The number of pyridine rings is 1. The molecule has 0 saturated heterocycles. The van der Waals surface area contributed by atoms with Crippen LogP contribution in [0.3, 0.4) is 0 Å². The van der Waals surface area contributed by atoms with Crippen LogP contribution >= 0.6 is 23.2 Å². The maximum Gasteiger partial charge on any atom is 0.282 e. The van der Waals surface area contributed by atoms with Gasteiger partial charge in [0.1, 0.15) is 11.5 Å². The largest absolute Gasteiger partial charge is 0.481 e. The molecule has 2 heterocycles. The molecule has 1 fully saturated rings. The summed E-state index contributed by atoms with van der Waals surface area (Å²) in [4.78, 5) is 27.2. The van der Waals surface area contributed by atoms with E-state index >= 15 is 0 Å². The van der Waals surface area contributed by atoms with Gasteiger partial charge >= 0.3 is 0 Å². The predicted octanol–water partition coefficient (Wildman–Crippen LogP) is 6.68. The third kappa shape index (κ3) is 6.98. The zero-order chi connectivity index (χ0) is 29.8. The second-order valence-corrected chi connectivity index (χ2v) is 9.88. The first-order chi connectivity index (χ1) is 19.5. The van der Waals surface area contributed by atoms with Crippen molar-refractivity contribution >= 4 is 40.7 Å². The van der Waals surface area contributed by atoms with Crippen molar-refractivity contribution in [1.29, 1.82) is 0 Å². The molecule has 41 heavy (non-hydrogen) atoms. The summed E-state index contributed by atoms with van der Waals surface area (Å²) in [5.41, 5.74) is 6.06. The second-order valence-electron chi connectivity index (χ2n) is 9.07. The number of nitrogens with one attached hydrogen (secondary N) is 1. The highest BCUT2D eigenvalue weighted by Gasteiger charge is 2.30. The van der Waals surface area contributed by atoms with E-state index in [1.807, 2.05) is 0 Å². The Labute approximate surface area is 243 Å². The molecule has 2 aromatic heterocycles. The number of nitrogens with two attached hydrogens (primary N) is 1. The quantitative estimate of drug-likeness (QED) is 0.244. The summed E-state index contributed by atoms with van der Waals surface area (Å²) in [5, 5.41) is 7.06. The average Bonchev–Trinajstić information content (AvgIpc) is 3.73. The summed E-state index contributed by atoms with van der Waals surface area (Å²) >= 11 is 12.0. The molecular formula is C28H24Cl2F3N5O3. The third-order valence-electron chi connectivity index (χ3n) is 6.16. The summed E-state index contributed by atoms with van der Waals surface area (Å²) in [6.45, 7) is 0. The van der Waals surface area contributed by atoms with Gasteiger partial charge in [0.25, 0.3) is 12.3 Å². The molecule has 0 spiro atoms. The van der Waals surface area contributed by atoms with Gasteiger partial charge in [0.05, 0.1) is 40.3 Å². The number of primary amides is 1. The van der Waals surface area contributed by atoms with E-state index < -0.39 is 29.4 Å². The standard InChI is InChI=1S/C18H12Cl2F3N3O.C10H12N2O2/c1-26-16(14(18(24)27)15(25-26)17(22)23)10-4-3-9(21)7-11(10)8-2-5-12(19)13(20)6-8;1-14-9-5-4-8(6-11-9)12-10(13)7-2-3-7/h2-7,17H,1H3,(H2,24,27);4-7H,2-3H2,1H3,(H,12,13). The molecule has 0 atom stereocenters. The van der Waals surface area contributed by atoms with Crippen molar-refractivity contribution in [3.8, 4) is 28.3 Å². The minimum atomic E-state index is -3.00. The van der Waals surface area contributed by atoms with Crippen LogP contribution in [0.4, 0.5) is 18.9 Å². The molecule has 1 aliphatic carbocycles.